The van der Waals surface area contributed by atoms with Crippen LogP contribution >= 0.6 is 11.6 Å². The minimum atomic E-state index is -0.433. The van der Waals surface area contributed by atoms with Gasteiger partial charge in [-0.1, -0.05) is 23.7 Å². The number of halogens is 1. The number of likely N-dealkylation sites (tertiary alicyclic amines) is 1. The molecule has 0 aromatic heterocycles. The Labute approximate surface area is 151 Å². The van der Waals surface area contributed by atoms with Crippen LogP contribution in [-0.4, -0.2) is 29.3 Å². The highest BCUT2D eigenvalue weighted by Gasteiger charge is 2.34. The quantitative estimate of drug-likeness (QED) is 0.826. The maximum atomic E-state index is 12.7. The van der Waals surface area contributed by atoms with E-state index >= 15 is 0 Å². The summed E-state index contributed by atoms with van der Waals surface area (Å²) in [7, 11) is 0. The first-order valence-corrected chi connectivity index (χ1v) is 8.61. The van der Waals surface area contributed by atoms with E-state index in [9.17, 15) is 9.59 Å². The molecule has 130 valence electrons. The predicted octanol–water partition coefficient (Wildman–Crippen LogP) is 2.84. The number of nitrogen functional groups attached to an aromatic ring is 1. The predicted molar refractivity (Wildman–Crippen MR) is 98.2 cm³/mol. The van der Waals surface area contributed by atoms with Crippen molar-refractivity contribution in [2.24, 2.45) is 0 Å². The third-order valence-corrected chi connectivity index (χ3v) is 4.61. The van der Waals surface area contributed by atoms with Crippen molar-refractivity contribution in [2.75, 3.05) is 12.3 Å². The van der Waals surface area contributed by atoms with Crippen molar-refractivity contribution >= 4 is 29.1 Å². The van der Waals surface area contributed by atoms with Gasteiger partial charge in [0.05, 0.1) is 0 Å². The number of amides is 2. The molecular formula is C19H20ClN3O2. The molecule has 2 aromatic rings. The van der Waals surface area contributed by atoms with Gasteiger partial charge in [0.1, 0.15) is 6.04 Å². The number of anilines is 1. The van der Waals surface area contributed by atoms with E-state index in [1.807, 2.05) is 12.1 Å². The monoisotopic (exact) mass is 357 g/mol. The molecule has 0 radical (unpaired) electrons. The average molecular weight is 358 g/mol. The highest BCUT2D eigenvalue weighted by Crippen LogP contribution is 2.21. The van der Waals surface area contributed by atoms with Crippen LogP contribution in [0.15, 0.2) is 48.5 Å². The third-order valence-electron chi connectivity index (χ3n) is 4.35. The summed E-state index contributed by atoms with van der Waals surface area (Å²) in [5.41, 5.74) is 7.78. The SMILES string of the molecule is Nc1ccc(C(=O)N2CCC[C@H]2C(=O)NCc2ccc(Cl)cc2)cc1. The van der Waals surface area contributed by atoms with E-state index in [2.05, 4.69) is 5.32 Å². The number of rotatable bonds is 4. The van der Waals surface area contributed by atoms with E-state index < -0.39 is 6.04 Å². The van der Waals surface area contributed by atoms with Gasteiger partial charge in [0, 0.05) is 29.4 Å². The zero-order valence-electron chi connectivity index (χ0n) is 13.7. The highest BCUT2D eigenvalue weighted by atomic mass is 35.5. The normalized spacial score (nSPS) is 16.7. The first-order chi connectivity index (χ1) is 12.0. The molecule has 5 nitrogen and oxygen atoms in total. The maximum Gasteiger partial charge on any atom is 0.254 e. The van der Waals surface area contributed by atoms with Crippen LogP contribution in [0.4, 0.5) is 5.69 Å². The smallest absolute Gasteiger partial charge is 0.254 e. The fourth-order valence-corrected chi connectivity index (χ4v) is 3.11. The molecule has 2 amide bonds. The Morgan fingerprint density at radius 1 is 1.12 bits per heavy atom. The van der Waals surface area contributed by atoms with Crippen LogP contribution in [0.25, 0.3) is 0 Å². The van der Waals surface area contributed by atoms with Gasteiger partial charge in [-0.15, -0.1) is 0 Å². The summed E-state index contributed by atoms with van der Waals surface area (Å²) in [4.78, 5) is 26.9. The molecule has 1 fully saturated rings. The molecule has 0 unspecified atom stereocenters. The number of nitrogens with two attached hydrogens (primary N) is 1. The summed E-state index contributed by atoms with van der Waals surface area (Å²) in [6.45, 7) is 0.999. The van der Waals surface area contributed by atoms with Gasteiger partial charge in [-0.2, -0.15) is 0 Å². The van der Waals surface area contributed by atoms with E-state index in [0.29, 0.717) is 35.8 Å². The molecule has 2 aromatic carbocycles. The third kappa shape index (κ3) is 4.12. The minimum Gasteiger partial charge on any atom is -0.399 e. The number of carbonyl (C=O) groups is 2. The van der Waals surface area contributed by atoms with E-state index in [1.165, 1.54) is 0 Å². The lowest BCUT2D eigenvalue weighted by atomic mass is 10.1. The van der Waals surface area contributed by atoms with Gasteiger partial charge in [-0.3, -0.25) is 9.59 Å². The Hall–Kier alpha value is -2.53. The number of benzene rings is 2. The lowest BCUT2D eigenvalue weighted by Gasteiger charge is -2.24. The summed E-state index contributed by atoms with van der Waals surface area (Å²) < 4.78 is 0. The van der Waals surface area contributed by atoms with E-state index in [-0.39, 0.29) is 11.8 Å². The fourth-order valence-electron chi connectivity index (χ4n) is 2.98. The second-order valence-corrected chi connectivity index (χ2v) is 6.56. The molecule has 6 heteroatoms. The molecule has 1 aliphatic rings. The number of hydrogen-bond donors (Lipinski definition) is 2. The Balaban J connectivity index is 1.64. The summed E-state index contributed by atoms with van der Waals surface area (Å²) in [5, 5.41) is 3.57. The number of nitrogens with zero attached hydrogens (tertiary/aromatic N) is 1. The van der Waals surface area contributed by atoms with Crippen molar-refractivity contribution < 1.29 is 9.59 Å². The lowest BCUT2D eigenvalue weighted by molar-refractivity contribution is -0.125. The van der Waals surface area contributed by atoms with Crippen molar-refractivity contribution in [3.05, 3.63) is 64.7 Å². The van der Waals surface area contributed by atoms with Crippen molar-refractivity contribution in [1.82, 2.24) is 10.2 Å². The van der Waals surface area contributed by atoms with E-state index in [1.54, 1.807) is 41.3 Å². The van der Waals surface area contributed by atoms with Gasteiger partial charge >= 0.3 is 0 Å². The first kappa shape index (κ1) is 17.3. The van der Waals surface area contributed by atoms with Crippen LogP contribution in [0.3, 0.4) is 0 Å². The largest absolute Gasteiger partial charge is 0.399 e. The minimum absolute atomic E-state index is 0.128. The lowest BCUT2D eigenvalue weighted by Crippen LogP contribution is -2.45. The second-order valence-electron chi connectivity index (χ2n) is 6.12. The van der Waals surface area contributed by atoms with Gasteiger partial charge in [0.25, 0.3) is 5.91 Å². The number of carbonyl (C=O) groups excluding carboxylic acids is 2. The zero-order chi connectivity index (χ0) is 17.8. The molecule has 3 N–H and O–H groups in total. The van der Waals surface area contributed by atoms with Crippen LogP contribution in [-0.2, 0) is 11.3 Å². The average Bonchev–Trinajstić information content (AvgIpc) is 3.11. The topological polar surface area (TPSA) is 75.4 Å². The van der Waals surface area contributed by atoms with Gasteiger partial charge < -0.3 is 16.0 Å². The van der Waals surface area contributed by atoms with Gasteiger partial charge in [0.2, 0.25) is 5.91 Å². The molecule has 0 bridgehead atoms. The first-order valence-electron chi connectivity index (χ1n) is 8.23. The van der Waals surface area contributed by atoms with E-state index in [4.69, 9.17) is 17.3 Å². The number of nitrogens with one attached hydrogen (secondary N) is 1. The van der Waals surface area contributed by atoms with Crippen LogP contribution in [0.5, 0.6) is 0 Å². The van der Waals surface area contributed by atoms with E-state index in [0.717, 1.165) is 12.0 Å². The van der Waals surface area contributed by atoms with Gasteiger partial charge in [-0.05, 0) is 54.8 Å². The van der Waals surface area contributed by atoms with Crippen LogP contribution in [0.1, 0.15) is 28.8 Å². The van der Waals surface area contributed by atoms with Crippen LogP contribution in [0, 0.1) is 0 Å². The zero-order valence-corrected chi connectivity index (χ0v) is 14.5. The Morgan fingerprint density at radius 2 is 1.80 bits per heavy atom. The molecule has 0 aliphatic carbocycles. The van der Waals surface area contributed by atoms with Crippen LogP contribution < -0.4 is 11.1 Å². The summed E-state index contributed by atoms with van der Waals surface area (Å²) >= 11 is 5.86. The molecule has 0 saturated carbocycles. The molecule has 25 heavy (non-hydrogen) atoms. The molecule has 1 saturated heterocycles. The molecule has 1 atom stereocenters. The molecule has 0 spiro atoms. The van der Waals surface area contributed by atoms with Gasteiger partial charge in [0.15, 0.2) is 0 Å². The Morgan fingerprint density at radius 3 is 2.48 bits per heavy atom. The van der Waals surface area contributed by atoms with Crippen molar-refractivity contribution in [1.29, 1.82) is 0 Å². The molecular weight excluding hydrogens is 338 g/mol. The Bertz CT molecular complexity index is 759. The number of hydrogen-bond acceptors (Lipinski definition) is 3. The fraction of sp³-hybridized carbons (Fsp3) is 0.263. The second kappa shape index (κ2) is 7.57. The maximum absolute atomic E-state index is 12.7. The molecule has 1 aliphatic heterocycles. The van der Waals surface area contributed by atoms with Crippen LogP contribution in [0.2, 0.25) is 5.02 Å². The Kier molecular flexibility index (Phi) is 5.24. The summed E-state index contributed by atoms with van der Waals surface area (Å²) in [6, 6.07) is 13.7. The summed E-state index contributed by atoms with van der Waals surface area (Å²) in [6.07, 6.45) is 1.49. The summed E-state index contributed by atoms with van der Waals surface area (Å²) in [5.74, 6) is -0.264. The molecule has 1 heterocycles. The standard InChI is InChI=1S/C19H20ClN3O2/c20-15-7-3-13(4-8-15)12-22-18(24)17-2-1-11-23(17)19(25)14-5-9-16(21)10-6-14/h3-10,17H,1-2,11-12,21H2,(H,22,24)/t17-/m0/s1. The van der Waals surface area contributed by atoms with Crippen molar-refractivity contribution in [3.63, 3.8) is 0 Å². The molecule has 3 rings (SSSR count). The van der Waals surface area contributed by atoms with Crippen molar-refractivity contribution in [3.8, 4) is 0 Å². The highest BCUT2D eigenvalue weighted by molar-refractivity contribution is 6.30. The van der Waals surface area contributed by atoms with Gasteiger partial charge in [-0.25, -0.2) is 0 Å². The van der Waals surface area contributed by atoms with Crippen molar-refractivity contribution in [2.45, 2.75) is 25.4 Å².